The Balaban J connectivity index is 1.54. The second-order valence-electron chi connectivity index (χ2n) is 4.12. The lowest BCUT2D eigenvalue weighted by Crippen LogP contribution is -1.88. The van der Waals surface area contributed by atoms with Crippen LogP contribution in [0.3, 0.4) is 0 Å². The van der Waals surface area contributed by atoms with Crippen molar-refractivity contribution < 1.29 is 0 Å². The van der Waals surface area contributed by atoms with Gasteiger partial charge in [0.25, 0.3) is 0 Å². The first-order chi connectivity index (χ1) is 8.95. The first kappa shape index (κ1) is 13.6. The zero-order valence-corrected chi connectivity index (χ0v) is 12.1. The van der Waals surface area contributed by atoms with Gasteiger partial charge in [-0.1, -0.05) is 82.3 Å². The summed E-state index contributed by atoms with van der Waals surface area (Å²) < 4.78 is 0. The Morgan fingerprint density at radius 2 is 0.944 bits per heavy atom. The van der Waals surface area contributed by atoms with Gasteiger partial charge < -0.3 is 0 Å². The van der Waals surface area contributed by atoms with E-state index in [1.165, 1.54) is 35.5 Å². The van der Waals surface area contributed by atoms with Crippen LogP contribution in [-0.4, -0.2) is 11.5 Å². The molecular weight excluding hydrogens is 256 g/mol. The minimum Gasteiger partial charge on any atom is -0.0938 e. The van der Waals surface area contributed by atoms with Crippen molar-refractivity contribution >= 4 is 21.6 Å². The molecule has 0 saturated carbocycles. The maximum Gasteiger partial charge on any atom is 0.00774 e. The van der Waals surface area contributed by atoms with Gasteiger partial charge in [-0.25, -0.2) is 0 Å². The molecule has 0 heterocycles. The van der Waals surface area contributed by atoms with Gasteiger partial charge >= 0.3 is 0 Å². The van der Waals surface area contributed by atoms with E-state index < -0.39 is 0 Å². The molecule has 0 aliphatic rings. The molecule has 0 aromatic heterocycles. The van der Waals surface area contributed by atoms with Gasteiger partial charge in [-0.2, -0.15) is 0 Å². The molecule has 2 rings (SSSR count). The van der Waals surface area contributed by atoms with E-state index in [1.807, 2.05) is 21.6 Å². The van der Waals surface area contributed by atoms with Crippen LogP contribution < -0.4 is 0 Å². The number of rotatable bonds is 7. The van der Waals surface area contributed by atoms with E-state index >= 15 is 0 Å². The fourth-order valence-electron chi connectivity index (χ4n) is 1.73. The zero-order valence-electron chi connectivity index (χ0n) is 10.4. The van der Waals surface area contributed by atoms with Crippen LogP contribution in [-0.2, 0) is 12.8 Å². The first-order valence-electron chi connectivity index (χ1n) is 6.27. The molecule has 0 radical (unpaired) electrons. The maximum atomic E-state index is 2.20. The van der Waals surface area contributed by atoms with Gasteiger partial charge in [0, 0.05) is 11.5 Å². The van der Waals surface area contributed by atoms with Crippen LogP contribution in [0.15, 0.2) is 60.7 Å². The third-order valence-corrected chi connectivity index (χ3v) is 5.13. The van der Waals surface area contributed by atoms with Crippen molar-refractivity contribution in [3.8, 4) is 0 Å². The van der Waals surface area contributed by atoms with Crippen molar-refractivity contribution in [2.24, 2.45) is 0 Å². The average Bonchev–Trinajstić information content (AvgIpc) is 2.45. The van der Waals surface area contributed by atoms with Crippen molar-refractivity contribution in [3.63, 3.8) is 0 Å². The Hall–Kier alpha value is -0.860. The van der Waals surface area contributed by atoms with E-state index in [9.17, 15) is 0 Å². The highest BCUT2D eigenvalue weighted by Gasteiger charge is 1.95. The van der Waals surface area contributed by atoms with Gasteiger partial charge in [0.1, 0.15) is 0 Å². The van der Waals surface area contributed by atoms with Crippen molar-refractivity contribution in [2.75, 3.05) is 11.5 Å². The first-order valence-corrected chi connectivity index (χ1v) is 8.76. The molecule has 2 heteroatoms. The van der Waals surface area contributed by atoms with E-state index in [1.54, 1.807) is 0 Å². The molecule has 18 heavy (non-hydrogen) atoms. The van der Waals surface area contributed by atoms with Gasteiger partial charge in [0.2, 0.25) is 0 Å². The van der Waals surface area contributed by atoms with Crippen LogP contribution in [0.25, 0.3) is 0 Å². The molecule has 0 bridgehead atoms. The summed E-state index contributed by atoms with van der Waals surface area (Å²) in [4.78, 5) is 0. The minimum atomic E-state index is 1.17. The minimum absolute atomic E-state index is 1.17. The maximum absolute atomic E-state index is 2.20. The topological polar surface area (TPSA) is 0 Å². The van der Waals surface area contributed by atoms with Gasteiger partial charge in [0.15, 0.2) is 0 Å². The van der Waals surface area contributed by atoms with E-state index in [4.69, 9.17) is 0 Å². The highest BCUT2D eigenvalue weighted by Crippen LogP contribution is 2.23. The lowest BCUT2D eigenvalue weighted by molar-refractivity contribution is 1.16. The summed E-state index contributed by atoms with van der Waals surface area (Å²) in [5.41, 5.74) is 2.88. The summed E-state index contributed by atoms with van der Waals surface area (Å²) in [6.45, 7) is 0. The standard InChI is InChI=1S/C16H18S2/c1-3-7-15(8-4-1)11-13-17-18-14-12-16-9-5-2-6-10-16/h1-10H,11-14H2. The van der Waals surface area contributed by atoms with E-state index in [2.05, 4.69) is 60.7 Å². The third kappa shape index (κ3) is 5.19. The predicted molar refractivity (Wildman–Crippen MR) is 85.2 cm³/mol. The Morgan fingerprint density at radius 1 is 0.556 bits per heavy atom. The van der Waals surface area contributed by atoms with Crippen molar-refractivity contribution in [1.82, 2.24) is 0 Å². The normalized spacial score (nSPS) is 10.4. The largest absolute Gasteiger partial charge is 0.0938 e. The molecule has 0 aliphatic carbocycles. The van der Waals surface area contributed by atoms with Crippen molar-refractivity contribution in [3.05, 3.63) is 71.8 Å². The lowest BCUT2D eigenvalue weighted by atomic mass is 10.2. The van der Waals surface area contributed by atoms with Gasteiger partial charge in [-0.3, -0.25) is 0 Å². The molecule has 0 spiro atoms. The van der Waals surface area contributed by atoms with Crippen LogP contribution in [0.2, 0.25) is 0 Å². The quantitative estimate of drug-likeness (QED) is 0.523. The van der Waals surface area contributed by atoms with Crippen molar-refractivity contribution in [2.45, 2.75) is 12.8 Å². The second kappa shape index (κ2) is 8.28. The van der Waals surface area contributed by atoms with Gasteiger partial charge in [-0.15, -0.1) is 0 Å². The fourth-order valence-corrected chi connectivity index (χ4v) is 3.81. The van der Waals surface area contributed by atoms with Crippen LogP contribution in [0.4, 0.5) is 0 Å². The molecule has 2 aromatic carbocycles. The molecule has 0 N–H and O–H groups in total. The molecule has 0 nitrogen and oxygen atoms in total. The monoisotopic (exact) mass is 274 g/mol. The number of hydrogen-bond donors (Lipinski definition) is 0. The molecule has 0 aliphatic heterocycles. The number of benzene rings is 2. The van der Waals surface area contributed by atoms with Gasteiger partial charge in [-0.05, 0) is 24.0 Å². The van der Waals surface area contributed by atoms with Crippen molar-refractivity contribution in [1.29, 1.82) is 0 Å². The summed E-state index contributed by atoms with van der Waals surface area (Å²) in [5.74, 6) is 2.40. The van der Waals surface area contributed by atoms with Crippen LogP contribution in [0.1, 0.15) is 11.1 Å². The number of aryl methyl sites for hydroxylation is 2. The number of hydrogen-bond acceptors (Lipinski definition) is 2. The molecular formula is C16H18S2. The highest BCUT2D eigenvalue weighted by molar-refractivity contribution is 8.76. The SMILES string of the molecule is c1ccc(CCSSCCc2ccccc2)cc1. The Morgan fingerprint density at radius 3 is 1.33 bits per heavy atom. The molecule has 0 unspecified atom stereocenters. The van der Waals surface area contributed by atoms with Crippen LogP contribution in [0.5, 0.6) is 0 Å². The van der Waals surface area contributed by atoms with E-state index in [-0.39, 0.29) is 0 Å². The van der Waals surface area contributed by atoms with Crippen LogP contribution in [0, 0.1) is 0 Å². The highest BCUT2D eigenvalue weighted by atomic mass is 33.1. The van der Waals surface area contributed by atoms with Gasteiger partial charge in [0.05, 0.1) is 0 Å². The summed E-state index contributed by atoms with van der Waals surface area (Å²) in [6, 6.07) is 21.4. The Bertz CT molecular complexity index is 382. The Labute approximate surface area is 118 Å². The summed E-state index contributed by atoms with van der Waals surface area (Å²) >= 11 is 0. The Kier molecular flexibility index (Phi) is 6.24. The second-order valence-corrected chi connectivity index (χ2v) is 6.82. The van der Waals surface area contributed by atoms with E-state index in [0.29, 0.717) is 0 Å². The fraction of sp³-hybridized carbons (Fsp3) is 0.250. The molecule has 0 fully saturated rings. The smallest absolute Gasteiger partial charge is 0.00774 e. The van der Waals surface area contributed by atoms with E-state index in [0.717, 1.165) is 0 Å². The molecule has 0 saturated heterocycles. The summed E-state index contributed by atoms with van der Waals surface area (Å²) in [5, 5.41) is 0. The summed E-state index contributed by atoms with van der Waals surface area (Å²) in [6.07, 6.45) is 2.34. The molecule has 2 aromatic rings. The molecule has 94 valence electrons. The zero-order chi connectivity index (χ0) is 12.5. The van der Waals surface area contributed by atoms with Crippen LogP contribution >= 0.6 is 21.6 Å². The lowest BCUT2D eigenvalue weighted by Gasteiger charge is -2.02. The summed E-state index contributed by atoms with van der Waals surface area (Å²) in [7, 11) is 3.97. The third-order valence-electron chi connectivity index (χ3n) is 2.72. The molecule has 0 atom stereocenters. The average molecular weight is 274 g/mol. The predicted octanol–water partition coefficient (Wildman–Crippen LogP) is 4.85. The molecule has 0 amide bonds.